The third-order valence-electron chi connectivity index (χ3n) is 3.86. The third-order valence-corrected chi connectivity index (χ3v) is 4.17. The Morgan fingerprint density at radius 3 is 2.83 bits per heavy atom. The van der Waals surface area contributed by atoms with E-state index in [-0.39, 0.29) is 5.54 Å². The number of hydrogen-bond acceptors (Lipinski definition) is 2. The van der Waals surface area contributed by atoms with E-state index in [0.29, 0.717) is 5.02 Å². The van der Waals surface area contributed by atoms with Crippen LogP contribution in [0.3, 0.4) is 0 Å². The molecule has 4 heteroatoms. The number of carbonyl (C=O) groups excluding carboxylic acids is 1. The summed E-state index contributed by atoms with van der Waals surface area (Å²) in [5.41, 5.74) is 1.70. The first-order valence-electron chi connectivity index (χ1n) is 6.11. The van der Waals surface area contributed by atoms with Crippen molar-refractivity contribution in [3.63, 3.8) is 0 Å². The highest BCUT2D eigenvalue weighted by Crippen LogP contribution is 2.43. The number of aromatic amines is 1. The van der Waals surface area contributed by atoms with Crippen molar-refractivity contribution in [2.75, 3.05) is 0 Å². The lowest BCUT2D eigenvalue weighted by Gasteiger charge is -2.22. The molecule has 18 heavy (non-hydrogen) atoms. The number of hydrogen-bond donors (Lipinski definition) is 1. The van der Waals surface area contributed by atoms with Crippen molar-refractivity contribution in [1.29, 1.82) is 0 Å². The van der Waals surface area contributed by atoms with Gasteiger partial charge in [-0.15, -0.1) is 0 Å². The SMILES string of the molecule is O=C=NC1(c2ccc3[nH]cc(Cl)c3c2)CCCC1. The van der Waals surface area contributed by atoms with Crippen molar-refractivity contribution >= 4 is 28.6 Å². The van der Waals surface area contributed by atoms with E-state index in [0.717, 1.165) is 42.1 Å². The third kappa shape index (κ3) is 1.67. The number of aromatic nitrogens is 1. The zero-order valence-corrected chi connectivity index (χ0v) is 10.6. The van der Waals surface area contributed by atoms with Gasteiger partial charge in [0.1, 0.15) is 0 Å². The Morgan fingerprint density at radius 2 is 2.11 bits per heavy atom. The van der Waals surface area contributed by atoms with Crippen LogP contribution in [0.4, 0.5) is 0 Å². The highest BCUT2D eigenvalue weighted by Gasteiger charge is 2.35. The predicted octanol–water partition coefficient (Wildman–Crippen LogP) is 3.93. The number of nitrogens with zero attached hydrogens (tertiary/aromatic N) is 1. The first kappa shape index (κ1) is 11.5. The Morgan fingerprint density at radius 1 is 1.33 bits per heavy atom. The summed E-state index contributed by atoms with van der Waals surface area (Å²) in [6.07, 6.45) is 7.55. The topological polar surface area (TPSA) is 45.2 Å². The number of rotatable bonds is 2. The minimum absolute atomic E-state index is 0.378. The average molecular weight is 261 g/mol. The quantitative estimate of drug-likeness (QED) is 0.645. The largest absolute Gasteiger partial charge is 0.360 e. The zero-order valence-electron chi connectivity index (χ0n) is 9.87. The molecule has 1 N–H and O–H groups in total. The van der Waals surface area contributed by atoms with Gasteiger partial charge in [-0.25, -0.2) is 4.79 Å². The van der Waals surface area contributed by atoms with Crippen LogP contribution in [0.25, 0.3) is 10.9 Å². The molecule has 1 saturated carbocycles. The van der Waals surface area contributed by atoms with Gasteiger partial charge in [-0.1, -0.05) is 30.5 Å². The van der Waals surface area contributed by atoms with E-state index >= 15 is 0 Å². The van der Waals surface area contributed by atoms with Crippen LogP contribution in [0.15, 0.2) is 29.4 Å². The molecule has 0 aliphatic heterocycles. The lowest BCUT2D eigenvalue weighted by Crippen LogP contribution is -2.18. The van der Waals surface area contributed by atoms with E-state index < -0.39 is 0 Å². The molecule has 2 aromatic rings. The second kappa shape index (κ2) is 4.27. The maximum atomic E-state index is 10.7. The second-order valence-corrected chi connectivity index (χ2v) is 5.25. The molecule has 0 amide bonds. The monoisotopic (exact) mass is 260 g/mol. The van der Waals surface area contributed by atoms with Gasteiger partial charge < -0.3 is 4.98 Å². The van der Waals surface area contributed by atoms with Crippen LogP contribution in [0, 0.1) is 0 Å². The Kier molecular flexibility index (Phi) is 2.73. The van der Waals surface area contributed by atoms with Gasteiger partial charge in [0.25, 0.3) is 0 Å². The van der Waals surface area contributed by atoms with Crippen LogP contribution in [0.5, 0.6) is 0 Å². The summed E-state index contributed by atoms with van der Waals surface area (Å²) < 4.78 is 0. The normalized spacial score (nSPS) is 17.8. The van der Waals surface area contributed by atoms with Gasteiger partial charge in [0.05, 0.1) is 10.6 Å². The fraction of sp³-hybridized carbons (Fsp3) is 0.357. The van der Waals surface area contributed by atoms with Crippen molar-refractivity contribution in [2.45, 2.75) is 31.2 Å². The van der Waals surface area contributed by atoms with Crippen LogP contribution in [0.1, 0.15) is 31.2 Å². The maximum absolute atomic E-state index is 10.7. The summed E-state index contributed by atoms with van der Waals surface area (Å²) in [7, 11) is 0. The van der Waals surface area contributed by atoms with Gasteiger partial charge in [0, 0.05) is 17.1 Å². The molecular formula is C14H13ClN2O. The predicted molar refractivity (Wildman–Crippen MR) is 71.6 cm³/mol. The van der Waals surface area contributed by atoms with Crippen molar-refractivity contribution in [2.24, 2.45) is 4.99 Å². The van der Waals surface area contributed by atoms with Crippen molar-refractivity contribution < 1.29 is 4.79 Å². The van der Waals surface area contributed by atoms with E-state index in [1.807, 2.05) is 18.2 Å². The molecule has 3 rings (SSSR count). The molecule has 1 aliphatic rings. The minimum Gasteiger partial charge on any atom is -0.360 e. The van der Waals surface area contributed by atoms with E-state index in [1.165, 1.54) is 0 Å². The molecule has 0 radical (unpaired) electrons. The first-order valence-corrected chi connectivity index (χ1v) is 6.49. The van der Waals surface area contributed by atoms with Crippen molar-refractivity contribution in [3.05, 3.63) is 35.0 Å². The summed E-state index contributed by atoms with van der Waals surface area (Å²) in [4.78, 5) is 17.9. The lowest BCUT2D eigenvalue weighted by molar-refractivity contribution is 0.456. The molecular weight excluding hydrogens is 248 g/mol. The zero-order chi connectivity index (χ0) is 12.6. The molecule has 0 atom stereocenters. The molecule has 0 bridgehead atoms. The summed E-state index contributed by atoms with van der Waals surface area (Å²) in [6.45, 7) is 0. The summed E-state index contributed by atoms with van der Waals surface area (Å²) in [5.74, 6) is 0. The number of nitrogens with one attached hydrogen (secondary N) is 1. The second-order valence-electron chi connectivity index (χ2n) is 4.84. The van der Waals surface area contributed by atoms with Crippen molar-refractivity contribution in [3.8, 4) is 0 Å². The molecule has 1 aromatic carbocycles. The standard InChI is InChI=1S/C14H13ClN2O/c15-12-8-16-13-4-3-10(7-11(12)13)14(17-9-18)5-1-2-6-14/h3-4,7-8,16H,1-2,5-6H2. The molecule has 0 saturated heterocycles. The van der Waals surface area contributed by atoms with Gasteiger partial charge in [-0.05, 0) is 30.5 Å². The van der Waals surface area contributed by atoms with Gasteiger partial charge in [0.15, 0.2) is 0 Å². The number of fused-ring (bicyclic) bond motifs is 1. The Labute approximate surface area is 110 Å². The summed E-state index contributed by atoms with van der Waals surface area (Å²) in [6, 6.07) is 6.07. The molecule has 1 heterocycles. The number of isocyanates is 1. The molecule has 1 aliphatic carbocycles. The summed E-state index contributed by atoms with van der Waals surface area (Å²) in [5, 5.41) is 1.69. The molecule has 0 unspecified atom stereocenters. The van der Waals surface area contributed by atoms with Crippen LogP contribution in [-0.2, 0) is 10.3 Å². The Balaban J connectivity index is 2.17. The Bertz CT molecular complexity index is 634. The Hall–Kier alpha value is -1.57. The molecule has 3 nitrogen and oxygen atoms in total. The average Bonchev–Trinajstić information content (AvgIpc) is 2.98. The lowest BCUT2D eigenvalue weighted by atomic mass is 9.88. The molecule has 92 valence electrons. The minimum atomic E-state index is -0.378. The number of halogens is 1. The van der Waals surface area contributed by atoms with Crippen LogP contribution >= 0.6 is 11.6 Å². The first-order chi connectivity index (χ1) is 8.75. The fourth-order valence-electron chi connectivity index (χ4n) is 2.89. The number of benzene rings is 1. The maximum Gasteiger partial charge on any atom is 0.235 e. The fourth-order valence-corrected chi connectivity index (χ4v) is 3.10. The van der Waals surface area contributed by atoms with E-state index in [2.05, 4.69) is 9.98 Å². The number of H-pyrrole nitrogens is 1. The molecule has 0 spiro atoms. The smallest absolute Gasteiger partial charge is 0.235 e. The van der Waals surface area contributed by atoms with E-state index in [1.54, 1.807) is 12.3 Å². The van der Waals surface area contributed by atoms with E-state index in [9.17, 15) is 4.79 Å². The highest BCUT2D eigenvalue weighted by molar-refractivity contribution is 6.35. The van der Waals surface area contributed by atoms with Crippen molar-refractivity contribution in [1.82, 2.24) is 4.98 Å². The molecule has 1 fully saturated rings. The van der Waals surface area contributed by atoms with Gasteiger partial charge in [-0.3, -0.25) is 0 Å². The van der Waals surface area contributed by atoms with Gasteiger partial charge >= 0.3 is 0 Å². The molecule has 1 aromatic heterocycles. The number of aliphatic imine (C=N–C) groups is 1. The summed E-state index contributed by atoms with van der Waals surface area (Å²) >= 11 is 6.13. The highest BCUT2D eigenvalue weighted by atomic mass is 35.5. The van der Waals surface area contributed by atoms with Crippen LogP contribution in [0.2, 0.25) is 5.02 Å². The van der Waals surface area contributed by atoms with Gasteiger partial charge in [0.2, 0.25) is 6.08 Å². The van der Waals surface area contributed by atoms with Crippen LogP contribution < -0.4 is 0 Å². The van der Waals surface area contributed by atoms with Crippen LogP contribution in [-0.4, -0.2) is 11.1 Å². The van der Waals surface area contributed by atoms with Gasteiger partial charge in [-0.2, -0.15) is 4.99 Å². The van der Waals surface area contributed by atoms with E-state index in [4.69, 9.17) is 11.6 Å².